The number of anilines is 1. The van der Waals surface area contributed by atoms with Crippen molar-refractivity contribution in [1.82, 2.24) is 10.2 Å². The molecule has 4 heteroatoms. The van der Waals surface area contributed by atoms with Gasteiger partial charge in [0.25, 0.3) is 0 Å². The van der Waals surface area contributed by atoms with Crippen LogP contribution in [0.4, 0.5) is 5.69 Å². The second-order valence-corrected chi connectivity index (χ2v) is 5.59. The van der Waals surface area contributed by atoms with Crippen molar-refractivity contribution in [2.75, 3.05) is 38.0 Å². The Morgan fingerprint density at radius 3 is 2.57 bits per heavy atom. The van der Waals surface area contributed by atoms with Gasteiger partial charge in [-0.3, -0.25) is 9.69 Å². The van der Waals surface area contributed by atoms with Crippen LogP contribution in [0.15, 0.2) is 18.2 Å². The molecule has 0 atom stereocenters. The summed E-state index contributed by atoms with van der Waals surface area (Å²) in [7, 11) is 0. The van der Waals surface area contributed by atoms with Crippen LogP contribution in [0, 0.1) is 0 Å². The molecule has 1 aliphatic rings. The number of para-hydroxylation sites is 1. The summed E-state index contributed by atoms with van der Waals surface area (Å²) in [4.78, 5) is 14.6. The molecule has 2 N–H and O–H groups in total. The summed E-state index contributed by atoms with van der Waals surface area (Å²) in [6, 6.07) is 6.28. The van der Waals surface area contributed by atoms with Gasteiger partial charge in [0.15, 0.2) is 0 Å². The van der Waals surface area contributed by atoms with Crippen LogP contribution in [0.1, 0.15) is 31.4 Å². The van der Waals surface area contributed by atoms with E-state index < -0.39 is 0 Å². The van der Waals surface area contributed by atoms with Gasteiger partial charge in [-0.15, -0.1) is 0 Å². The number of hydrogen-bond donors (Lipinski definition) is 2. The van der Waals surface area contributed by atoms with Gasteiger partial charge in [-0.05, 0) is 43.5 Å². The van der Waals surface area contributed by atoms with Crippen LogP contribution >= 0.6 is 0 Å². The molecule has 4 nitrogen and oxygen atoms in total. The lowest BCUT2D eigenvalue weighted by atomic mass is 10.0. The smallest absolute Gasteiger partial charge is 0.238 e. The minimum Gasteiger partial charge on any atom is -0.324 e. The Morgan fingerprint density at radius 1 is 1.19 bits per heavy atom. The van der Waals surface area contributed by atoms with Gasteiger partial charge in [-0.25, -0.2) is 0 Å². The molecule has 0 unspecified atom stereocenters. The first-order valence-electron chi connectivity index (χ1n) is 8.08. The fraction of sp³-hybridized carbons (Fsp3) is 0.588. The average molecular weight is 289 g/mol. The zero-order valence-electron chi connectivity index (χ0n) is 13.2. The quantitative estimate of drug-likeness (QED) is 0.872. The Bertz CT molecular complexity index is 443. The third kappa shape index (κ3) is 4.55. The van der Waals surface area contributed by atoms with E-state index in [9.17, 15) is 4.79 Å². The Morgan fingerprint density at radius 2 is 1.90 bits per heavy atom. The number of carbonyl (C=O) groups is 1. The number of rotatable bonds is 5. The average Bonchev–Trinajstić information content (AvgIpc) is 2.76. The number of amides is 1. The minimum absolute atomic E-state index is 0.104. The van der Waals surface area contributed by atoms with E-state index in [2.05, 4.69) is 47.6 Å². The van der Waals surface area contributed by atoms with Gasteiger partial charge < -0.3 is 10.6 Å². The van der Waals surface area contributed by atoms with Gasteiger partial charge in [0, 0.05) is 18.8 Å². The molecule has 0 radical (unpaired) electrons. The van der Waals surface area contributed by atoms with Crippen LogP contribution in [0.25, 0.3) is 0 Å². The zero-order valence-corrected chi connectivity index (χ0v) is 13.2. The molecule has 1 aromatic carbocycles. The topological polar surface area (TPSA) is 44.4 Å². The van der Waals surface area contributed by atoms with E-state index in [-0.39, 0.29) is 5.91 Å². The maximum atomic E-state index is 12.4. The van der Waals surface area contributed by atoms with Gasteiger partial charge in [0.1, 0.15) is 0 Å². The fourth-order valence-electron chi connectivity index (χ4n) is 2.84. The lowest BCUT2D eigenvalue weighted by molar-refractivity contribution is -0.117. The maximum Gasteiger partial charge on any atom is 0.238 e. The third-order valence-electron chi connectivity index (χ3n) is 4.06. The molecule has 21 heavy (non-hydrogen) atoms. The summed E-state index contributed by atoms with van der Waals surface area (Å²) in [5.41, 5.74) is 3.47. The van der Waals surface area contributed by atoms with Crippen molar-refractivity contribution < 1.29 is 4.79 Å². The molecule has 2 rings (SSSR count). The van der Waals surface area contributed by atoms with Gasteiger partial charge >= 0.3 is 0 Å². The Kier molecular flexibility index (Phi) is 6.21. The van der Waals surface area contributed by atoms with Gasteiger partial charge in [0.05, 0.1) is 6.54 Å². The summed E-state index contributed by atoms with van der Waals surface area (Å²) >= 11 is 0. The number of benzene rings is 1. The molecule has 0 spiro atoms. The predicted molar refractivity (Wildman–Crippen MR) is 87.8 cm³/mol. The second kappa shape index (κ2) is 8.15. The highest BCUT2D eigenvalue weighted by molar-refractivity contribution is 5.93. The lowest BCUT2D eigenvalue weighted by Crippen LogP contribution is -2.36. The van der Waals surface area contributed by atoms with Gasteiger partial charge in [-0.2, -0.15) is 0 Å². The van der Waals surface area contributed by atoms with E-state index in [1.54, 1.807) is 0 Å². The molecule has 1 fully saturated rings. The number of carbonyl (C=O) groups excluding carboxylic acids is 1. The molecule has 116 valence electrons. The van der Waals surface area contributed by atoms with Crippen molar-refractivity contribution in [2.45, 2.75) is 33.1 Å². The van der Waals surface area contributed by atoms with Crippen molar-refractivity contribution in [3.8, 4) is 0 Å². The highest BCUT2D eigenvalue weighted by atomic mass is 16.2. The summed E-state index contributed by atoms with van der Waals surface area (Å²) in [6.07, 6.45) is 2.99. The van der Waals surface area contributed by atoms with E-state index in [1.807, 2.05) is 0 Å². The normalized spacial score (nSPS) is 16.5. The number of hydrogen-bond acceptors (Lipinski definition) is 3. The molecular formula is C17H27N3O. The van der Waals surface area contributed by atoms with E-state index in [4.69, 9.17) is 0 Å². The fourth-order valence-corrected chi connectivity index (χ4v) is 2.84. The first kappa shape index (κ1) is 16.0. The zero-order chi connectivity index (χ0) is 15.1. The van der Waals surface area contributed by atoms with E-state index in [0.717, 1.165) is 51.1 Å². The molecule has 1 amide bonds. The van der Waals surface area contributed by atoms with Crippen LogP contribution in [-0.4, -0.2) is 43.5 Å². The van der Waals surface area contributed by atoms with Crippen molar-refractivity contribution in [3.63, 3.8) is 0 Å². The standard InChI is InChI=1S/C17H27N3O/c1-3-14-7-5-8-15(4-2)17(14)19-16(21)13-20-11-6-9-18-10-12-20/h5,7-8,18H,3-4,6,9-13H2,1-2H3,(H,19,21). The van der Waals surface area contributed by atoms with Crippen molar-refractivity contribution in [1.29, 1.82) is 0 Å². The van der Waals surface area contributed by atoms with Crippen LogP contribution in [0.2, 0.25) is 0 Å². The van der Waals surface area contributed by atoms with Gasteiger partial charge in [0.2, 0.25) is 5.91 Å². The van der Waals surface area contributed by atoms with Crippen LogP contribution < -0.4 is 10.6 Å². The molecule has 0 bridgehead atoms. The molecule has 0 aromatic heterocycles. The number of nitrogens with zero attached hydrogens (tertiary/aromatic N) is 1. The molecule has 0 saturated carbocycles. The summed E-state index contributed by atoms with van der Waals surface area (Å²) in [5, 5.41) is 6.51. The summed E-state index contributed by atoms with van der Waals surface area (Å²) in [6.45, 7) is 8.72. The highest BCUT2D eigenvalue weighted by Gasteiger charge is 2.15. The Hall–Kier alpha value is -1.39. The van der Waals surface area contributed by atoms with E-state index in [1.165, 1.54) is 11.1 Å². The molecule has 1 aromatic rings. The first-order valence-corrected chi connectivity index (χ1v) is 8.08. The van der Waals surface area contributed by atoms with Crippen molar-refractivity contribution in [2.24, 2.45) is 0 Å². The molecule has 1 saturated heterocycles. The van der Waals surface area contributed by atoms with Crippen molar-refractivity contribution in [3.05, 3.63) is 29.3 Å². The molecule has 0 aliphatic carbocycles. The third-order valence-corrected chi connectivity index (χ3v) is 4.06. The second-order valence-electron chi connectivity index (χ2n) is 5.59. The summed E-state index contributed by atoms with van der Waals surface area (Å²) < 4.78 is 0. The monoisotopic (exact) mass is 289 g/mol. The van der Waals surface area contributed by atoms with Crippen LogP contribution in [0.5, 0.6) is 0 Å². The van der Waals surface area contributed by atoms with Crippen LogP contribution in [-0.2, 0) is 17.6 Å². The number of aryl methyl sites for hydroxylation is 2. The van der Waals surface area contributed by atoms with Gasteiger partial charge in [-0.1, -0.05) is 32.0 Å². The highest BCUT2D eigenvalue weighted by Crippen LogP contribution is 2.22. The summed E-state index contributed by atoms with van der Waals surface area (Å²) in [5.74, 6) is 0.104. The molecule has 1 aliphatic heterocycles. The van der Waals surface area contributed by atoms with Crippen LogP contribution in [0.3, 0.4) is 0 Å². The lowest BCUT2D eigenvalue weighted by Gasteiger charge is -2.20. The largest absolute Gasteiger partial charge is 0.324 e. The Balaban J connectivity index is 2.01. The minimum atomic E-state index is 0.104. The number of nitrogens with one attached hydrogen (secondary N) is 2. The molecule has 1 heterocycles. The maximum absolute atomic E-state index is 12.4. The van der Waals surface area contributed by atoms with E-state index >= 15 is 0 Å². The van der Waals surface area contributed by atoms with E-state index in [0.29, 0.717) is 6.54 Å². The molecular weight excluding hydrogens is 262 g/mol. The van der Waals surface area contributed by atoms with Crippen molar-refractivity contribution >= 4 is 11.6 Å². The predicted octanol–water partition coefficient (Wildman–Crippen LogP) is 2.05. The Labute approximate surface area is 127 Å². The SMILES string of the molecule is CCc1cccc(CC)c1NC(=O)CN1CCCNCC1. The first-order chi connectivity index (χ1) is 10.2.